The van der Waals surface area contributed by atoms with Gasteiger partial charge in [-0.1, -0.05) is 13.3 Å². The zero-order valence-electron chi connectivity index (χ0n) is 17.5. The number of aromatic amines is 1. The summed E-state index contributed by atoms with van der Waals surface area (Å²) in [6.07, 6.45) is 6.01. The number of aromatic nitrogens is 4. The maximum Gasteiger partial charge on any atom is 0.327 e. The highest BCUT2D eigenvalue weighted by Crippen LogP contribution is 2.31. The van der Waals surface area contributed by atoms with Gasteiger partial charge in [0.2, 0.25) is 0 Å². The van der Waals surface area contributed by atoms with Gasteiger partial charge in [-0.25, -0.2) is 4.79 Å². The van der Waals surface area contributed by atoms with Gasteiger partial charge in [0, 0.05) is 13.2 Å². The molecule has 1 fully saturated rings. The molecule has 0 radical (unpaired) electrons. The number of fused-ring (bicyclic) bond motifs is 1. The third-order valence-electron chi connectivity index (χ3n) is 5.43. The minimum Gasteiger partial charge on any atom is -0.460 e. The van der Waals surface area contributed by atoms with Gasteiger partial charge in [-0.3, -0.25) is 4.57 Å². The molecule has 2 aromatic rings. The lowest BCUT2D eigenvalue weighted by atomic mass is 9.85. The molecule has 0 spiro atoms. The summed E-state index contributed by atoms with van der Waals surface area (Å²) in [6.45, 7) is 9.77. The van der Waals surface area contributed by atoms with Crippen LogP contribution in [0.4, 0.5) is 5.82 Å². The number of rotatable bonds is 8. The van der Waals surface area contributed by atoms with Gasteiger partial charge in [-0.05, 0) is 58.8 Å². The molecule has 1 saturated heterocycles. The van der Waals surface area contributed by atoms with E-state index in [1.165, 1.54) is 0 Å². The zero-order valence-corrected chi connectivity index (χ0v) is 17.5. The molecule has 28 heavy (non-hydrogen) atoms. The number of nitrogen functional groups attached to an aromatic ring is 1. The van der Waals surface area contributed by atoms with Gasteiger partial charge in [0.1, 0.15) is 5.52 Å². The average molecular weight is 392 g/mol. The number of imidazole rings is 1. The quantitative estimate of drug-likeness (QED) is 0.715. The summed E-state index contributed by atoms with van der Waals surface area (Å²) < 4.78 is 13.2. The number of hydrogen-bond donors (Lipinski definition) is 2. The van der Waals surface area contributed by atoms with Crippen LogP contribution in [0, 0.1) is 5.92 Å². The van der Waals surface area contributed by atoms with E-state index >= 15 is 0 Å². The highest BCUT2D eigenvalue weighted by molar-refractivity contribution is 5.81. The van der Waals surface area contributed by atoms with Crippen molar-refractivity contribution >= 4 is 17.0 Å². The molecule has 3 rings (SSSR count). The third kappa shape index (κ3) is 4.84. The second-order valence-corrected chi connectivity index (χ2v) is 8.50. The first-order valence-electron chi connectivity index (χ1n) is 10.4. The molecule has 1 aliphatic heterocycles. The number of nitrogens with two attached hydrogens (primary N) is 1. The summed E-state index contributed by atoms with van der Waals surface area (Å²) in [5.41, 5.74) is 6.77. The molecule has 156 valence electrons. The molecule has 0 saturated carbocycles. The highest BCUT2D eigenvalue weighted by Gasteiger charge is 2.28. The standard InChI is InChI=1S/C20H33N5O3/c1-5-7-13(2)28-18-23-16(21)15-17(24-18)25(19(26)22-15)10-6-8-14-9-11-27-20(3,4)12-14/h13-14H,5-12H2,1-4H3,(H,22,26)(H2,21,23,24)/t13-,14?/m1/s1. The van der Waals surface area contributed by atoms with E-state index in [1.54, 1.807) is 4.57 Å². The Balaban J connectivity index is 1.72. The molecule has 0 amide bonds. The number of anilines is 1. The van der Waals surface area contributed by atoms with Crippen molar-refractivity contribution in [2.75, 3.05) is 12.3 Å². The number of aryl methyl sites for hydroxylation is 1. The summed E-state index contributed by atoms with van der Waals surface area (Å²) in [5, 5.41) is 0. The SMILES string of the molecule is CCC[C@@H](C)Oc1nc(N)c2[nH]c(=O)n(CCCC3CCOC(C)(C)C3)c2n1. The van der Waals surface area contributed by atoms with Crippen LogP contribution in [-0.4, -0.2) is 37.8 Å². The van der Waals surface area contributed by atoms with Crippen LogP contribution in [0.3, 0.4) is 0 Å². The van der Waals surface area contributed by atoms with Gasteiger partial charge in [-0.2, -0.15) is 9.97 Å². The molecule has 0 aromatic carbocycles. The first kappa shape index (κ1) is 20.6. The molecule has 0 bridgehead atoms. The Labute approximate surface area is 165 Å². The minimum absolute atomic E-state index is 0.00200. The van der Waals surface area contributed by atoms with Crippen molar-refractivity contribution in [2.45, 2.75) is 84.5 Å². The summed E-state index contributed by atoms with van der Waals surface area (Å²) in [4.78, 5) is 23.9. The Bertz CT molecular complexity index is 857. The normalized spacial score (nSPS) is 20.4. The monoisotopic (exact) mass is 391 g/mol. The lowest BCUT2D eigenvalue weighted by Gasteiger charge is -2.35. The van der Waals surface area contributed by atoms with E-state index in [0.717, 1.165) is 45.1 Å². The Kier molecular flexibility index (Phi) is 6.27. The first-order valence-corrected chi connectivity index (χ1v) is 10.4. The fraction of sp³-hybridized carbons (Fsp3) is 0.750. The van der Waals surface area contributed by atoms with Gasteiger partial charge in [-0.15, -0.1) is 0 Å². The van der Waals surface area contributed by atoms with E-state index in [2.05, 4.69) is 35.7 Å². The van der Waals surface area contributed by atoms with Crippen molar-refractivity contribution in [2.24, 2.45) is 5.92 Å². The van der Waals surface area contributed by atoms with Gasteiger partial charge >= 0.3 is 11.7 Å². The summed E-state index contributed by atoms with van der Waals surface area (Å²) in [6, 6.07) is 0.227. The van der Waals surface area contributed by atoms with Crippen LogP contribution in [0.5, 0.6) is 6.01 Å². The molecule has 2 atom stereocenters. The Morgan fingerprint density at radius 2 is 2.21 bits per heavy atom. The van der Waals surface area contributed by atoms with Crippen LogP contribution in [0.15, 0.2) is 4.79 Å². The molecule has 8 nitrogen and oxygen atoms in total. The highest BCUT2D eigenvalue weighted by atomic mass is 16.5. The van der Waals surface area contributed by atoms with Crippen LogP contribution in [-0.2, 0) is 11.3 Å². The van der Waals surface area contributed by atoms with Crippen molar-refractivity contribution < 1.29 is 9.47 Å². The van der Waals surface area contributed by atoms with Crippen LogP contribution >= 0.6 is 0 Å². The Morgan fingerprint density at radius 3 is 2.93 bits per heavy atom. The molecule has 0 aliphatic carbocycles. The first-order chi connectivity index (χ1) is 13.3. The Morgan fingerprint density at radius 1 is 1.43 bits per heavy atom. The van der Waals surface area contributed by atoms with E-state index in [-0.39, 0.29) is 29.2 Å². The largest absolute Gasteiger partial charge is 0.460 e. The van der Waals surface area contributed by atoms with Crippen LogP contribution < -0.4 is 16.2 Å². The van der Waals surface area contributed by atoms with Crippen LogP contribution in [0.25, 0.3) is 11.2 Å². The minimum atomic E-state index is -0.206. The molecular weight excluding hydrogens is 358 g/mol. The summed E-state index contributed by atoms with van der Waals surface area (Å²) in [5.74, 6) is 0.865. The molecule has 1 aliphatic rings. The lowest BCUT2D eigenvalue weighted by molar-refractivity contribution is -0.0738. The third-order valence-corrected chi connectivity index (χ3v) is 5.43. The second kappa shape index (κ2) is 8.51. The predicted octanol–water partition coefficient (Wildman–Crippen LogP) is 3.25. The predicted molar refractivity (Wildman–Crippen MR) is 110 cm³/mol. The number of hydrogen-bond acceptors (Lipinski definition) is 6. The Hall–Kier alpha value is -2.09. The molecule has 3 N–H and O–H groups in total. The lowest BCUT2D eigenvalue weighted by Crippen LogP contribution is -2.34. The van der Waals surface area contributed by atoms with Crippen LogP contribution in [0.2, 0.25) is 0 Å². The van der Waals surface area contributed by atoms with Gasteiger partial charge < -0.3 is 20.2 Å². The summed E-state index contributed by atoms with van der Waals surface area (Å²) in [7, 11) is 0. The smallest absolute Gasteiger partial charge is 0.327 e. The van der Waals surface area contributed by atoms with Crippen LogP contribution in [0.1, 0.15) is 66.2 Å². The number of nitrogens with zero attached hydrogens (tertiary/aromatic N) is 3. The number of nitrogens with one attached hydrogen (secondary N) is 1. The van der Waals surface area contributed by atoms with Gasteiger partial charge in [0.15, 0.2) is 11.5 Å². The van der Waals surface area contributed by atoms with E-state index in [1.807, 2.05) is 6.92 Å². The fourth-order valence-electron chi connectivity index (χ4n) is 4.08. The van der Waals surface area contributed by atoms with E-state index in [4.69, 9.17) is 15.2 Å². The van der Waals surface area contributed by atoms with E-state index in [9.17, 15) is 4.79 Å². The average Bonchev–Trinajstić information content (AvgIpc) is 2.91. The summed E-state index contributed by atoms with van der Waals surface area (Å²) >= 11 is 0. The topological polar surface area (TPSA) is 108 Å². The van der Waals surface area contributed by atoms with Crippen molar-refractivity contribution in [1.29, 1.82) is 0 Å². The van der Waals surface area contributed by atoms with E-state index < -0.39 is 0 Å². The molecular formula is C20H33N5O3. The number of ether oxygens (including phenoxy) is 2. The van der Waals surface area contributed by atoms with Crippen molar-refractivity contribution in [3.8, 4) is 6.01 Å². The van der Waals surface area contributed by atoms with Gasteiger partial charge in [0.05, 0.1) is 11.7 Å². The molecule has 3 heterocycles. The van der Waals surface area contributed by atoms with Crippen molar-refractivity contribution in [3.05, 3.63) is 10.5 Å². The maximum absolute atomic E-state index is 12.4. The fourth-order valence-corrected chi connectivity index (χ4v) is 4.08. The molecule has 1 unspecified atom stereocenters. The molecule has 2 aromatic heterocycles. The maximum atomic E-state index is 12.4. The zero-order chi connectivity index (χ0) is 20.3. The van der Waals surface area contributed by atoms with E-state index in [0.29, 0.717) is 23.6 Å². The second-order valence-electron chi connectivity index (χ2n) is 8.50. The van der Waals surface area contributed by atoms with Crippen molar-refractivity contribution in [3.63, 3.8) is 0 Å². The van der Waals surface area contributed by atoms with Crippen molar-refractivity contribution in [1.82, 2.24) is 19.5 Å². The molecule has 8 heteroatoms. The number of H-pyrrole nitrogens is 1. The van der Waals surface area contributed by atoms with Gasteiger partial charge in [0.25, 0.3) is 0 Å².